The second kappa shape index (κ2) is 4.93. The van der Waals surface area contributed by atoms with Gasteiger partial charge in [0.2, 0.25) is 0 Å². The zero-order chi connectivity index (χ0) is 10.6. The molecule has 4 nitrogen and oxygen atoms in total. The van der Waals surface area contributed by atoms with Crippen molar-refractivity contribution in [2.45, 2.75) is 32.0 Å². The zero-order valence-corrected chi connectivity index (χ0v) is 8.01. The molecule has 78 valence electrons. The summed E-state index contributed by atoms with van der Waals surface area (Å²) in [6, 6.07) is 4.22. The van der Waals surface area contributed by atoms with E-state index in [1.54, 1.807) is 0 Å². The third-order valence-corrected chi connectivity index (χ3v) is 1.95. The van der Waals surface area contributed by atoms with Crippen molar-refractivity contribution in [1.29, 1.82) is 0 Å². The summed E-state index contributed by atoms with van der Waals surface area (Å²) in [5, 5.41) is 19.0. The molecule has 1 rings (SSSR count). The van der Waals surface area contributed by atoms with E-state index >= 15 is 0 Å². The van der Waals surface area contributed by atoms with Gasteiger partial charge in [0.25, 0.3) is 0 Å². The third-order valence-electron chi connectivity index (χ3n) is 1.95. The molecule has 1 aromatic rings. The Morgan fingerprint density at radius 2 is 2.14 bits per heavy atom. The van der Waals surface area contributed by atoms with E-state index in [9.17, 15) is 15.0 Å². The summed E-state index contributed by atoms with van der Waals surface area (Å²) in [5.41, 5.74) is -0.523. The molecule has 2 atom stereocenters. The highest BCUT2D eigenvalue weighted by atomic mass is 16.4. The summed E-state index contributed by atoms with van der Waals surface area (Å²) in [6.07, 6.45) is -0.774. The summed E-state index contributed by atoms with van der Waals surface area (Å²) in [5.74, 6) is 0.110. The van der Waals surface area contributed by atoms with Gasteiger partial charge in [0, 0.05) is 6.07 Å². The van der Waals surface area contributed by atoms with Gasteiger partial charge in [0.05, 0.1) is 6.10 Å². The second-order valence-electron chi connectivity index (χ2n) is 3.15. The fraction of sp³-hybridized carbons (Fsp3) is 0.500. The highest BCUT2D eigenvalue weighted by Crippen LogP contribution is 2.17. The number of aliphatic hydroxyl groups excluding tert-OH is 2. The molecule has 0 saturated carbocycles. The molecule has 0 fully saturated rings. The maximum Gasteiger partial charge on any atom is 0.335 e. The SMILES string of the molecule is CCC[C@@H](O)[C@@H](O)c1cccc(=O)o1. The number of aliphatic hydroxyl groups is 2. The van der Waals surface area contributed by atoms with Gasteiger partial charge in [-0.25, -0.2) is 4.79 Å². The normalized spacial score (nSPS) is 15.1. The molecule has 0 aliphatic heterocycles. The van der Waals surface area contributed by atoms with Crippen molar-refractivity contribution in [3.63, 3.8) is 0 Å². The molecule has 0 aromatic carbocycles. The van der Waals surface area contributed by atoms with Crippen molar-refractivity contribution < 1.29 is 14.6 Å². The van der Waals surface area contributed by atoms with Crippen LogP contribution in [0, 0.1) is 0 Å². The van der Waals surface area contributed by atoms with Crippen molar-refractivity contribution in [3.05, 3.63) is 34.4 Å². The highest BCUT2D eigenvalue weighted by molar-refractivity contribution is 5.03. The van der Waals surface area contributed by atoms with E-state index in [0.29, 0.717) is 6.42 Å². The van der Waals surface area contributed by atoms with Crippen molar-refractivity contribution in [2.75, 3.05) is 0 Å². The Balaban J connectivity index is 2.78. The lowest BCUT2D eigenvalue weighted by Crippen LogP contribution is -2.18. The quantitative estimate of drug-likeness (QED) is 0.751. The molecule has 0 aliphatic rings. The Labute approximate surface area is 81.8 Å². The van der Waals surface area contributed by atoms with Crippen LogP contribution in [0.1, 0.15) is 31.6 Å². The topological polar surface area (TPSA) is 70.7 Å². The van der Waals surface area contributed by atoms with Crippen LogP contribution >= 0.6 is 0 Å². The molecular formula is C10H14O4. The van der Waals surface area contributed by atoms with Crippen molar-refractivity contribution in [2.24, 2.45) is 0 Å². The van der Waals surface area contributed by atoms with Gasteiger partial charge in [-0.05, 0) is 12.5 Å². The average molecular weight is 198 g/mol. The Morgan fingerprint density at radius 3 is 2.71 bits per heavy atom. The van der Waals surface area contributed by atoms with Gasteiger partial charge in [-0.1, -0.05) is 19.4 Å². The van der Waals surface area contributed by atoms with Gasteiger partial charge < -0.3 is 14.6 Å². The molecule has 0 spiro atoms. The molecular weight excluding hydrogens is 184 g/mol. The summed E-state index contributed by atoms with van der Waals surface area (Å²) in [4.78, 5) is 10.8. The first kappa shape index (κ1) is 10.9. The smallest absolute Gasteiger partial charge is 0.335 e. The predicted octanol–water partition coefficient (Wildman–Crippen LogP) is 0.834. The maximum absolute atomic E-state index is 10.8. The number of hydrogen-bond donors (Lipinski definition) is 2. The van der Waals surface area contributed by atoms with Crippen LogP contribution in [0.4, 0.5) is 0 Å². The molecule has 4 heteroatoms. The summed E-state index contributed by atoms with van der Waals surface area (Å²) >= 11 is 0. The van der Waals surface area contributed by atoms with Crippen LogP contribution in [-0.2, 0) is 0 Å². The summed E-state index contributed by atoms with van der Waals surface area (Å²) in [7, 11) is 0. The van der Waals surface area contributed by atoms with Crippen molar-refractivity contribution in [3.8, 4) is 0 Å². The van der Waals surface area contributed by atoms with E-state index in [4.69, 9.17) is 4.42 Å². The molecule has 0 saturated heterocycles. The van der Waals surface area contributed by atoms with Gasteiger partial charge in [-0.15, -0.1) is 0 Å². The Kier molecular flexibility index (Phi) is 3.85. The lowest BCUT2D eigenvalue weighted by atomic mass is 10.1. The molecule has 1 aromatic heterocycles. The minimum absolute atomic E-state index is 0.110. The van der Waals surface area contributed by atoms with Crippen molar-refractivity contribution >= 4 is 0 Å². The largest absolute Gasteiger partial charge is 0.425 e. The van der Waals surface area contributed by atoms with Gasteiger partial charge >= 0.3 is 5.63 Å². The monoisotopic (exact) mass is 198 g/mol. The van der Waals surface area contributed by atoms with E-state index in [0.717, 1.165) is 6.42 Å². The van der Waals surface area contributed by atoms with Crippen LogP contribution in [0.25, 0.3) is 0 Å². The first-order valence-corrected chi connectivity index (χ1v) is 4.61. The maximum atomic E-state index is 10.8. The van der Waals surface area contributed by atoms with E-state index in [-0.39, 0.29) is 5.76 Å². The molecule has 14 heavy (non-hydrogen) atoms. The fourth-order valence-corrected chi connectivity index (χ4v) is 1.21. The molecule has 1 heterocycles. The van der Waals surface area contributed by atoms with Crippen molar-refractivity contribution in [1.82, 2.24) is 0 Å². The van der Waals surface area contributed by atoms with E-state index < -0.39 is 17.8 Å². The Bertz CT molecular complexity index is 331. The molecule has 0 amide bonds. The minimum atomic E-state index is -1.12. The Morgan fingerprint density at radius 1 is 1.43 bits per heavy atom. The first-order chi connectivity index (χ1) is 6.65. The van der Waals surface area contributed by atoms with E-state index in [2.05, 4.69) is 0 Å². The molecule has 0 radical (unpaired) electrons. The van der Waals surface area contributed by atoms with Gasteiger partial charge in [0.15, 0.2) is 0 Å². The molecule has 0 aliphatic carbocycles. The minimum Gasteiger partial charge on any atom is -0.425 e. The fourth-order valence-electron chi connectivity index (χ4n) is 1.21. The molecule has 0 unspecified atom stereocenters. The molecule has 2 N–H and O–H groups in total. The van der Waals surface area contributed by atoms with E-state index in [1.165, 1.54) is 18.2 Å². The van der Waals surface area contributed by atoms with Crippen LogP contribution in [0.5, 0.6) is 0 Å². The zero-order valence-electron chi connectivity index (χ0n) is 8.01. The van der Waals surface area contributed by atoms with Crippen LogP contribution < -0.4 is 5.63 Å². The van der Waals surface area contributed by atoms with Gasteiger partial charge in [-0.2, -0.15) is 0 Å². The van der Waals surface area contributed by atoms with Gasteiger partial charge in [-0.3, -0.25) is 0 Å². The van der Waals surface area contributed by atoms with Crippen LogP contribution in [0.3, 0.4) is 0 Å². The lowest BCUT2D eigenvalue weighted by Gasteiger charge is -2.15. The van der Waals surface area contributed by atoms with Crippen LogP contribution in [0.15, 0.2) is 27.4 Å². The molecule has 0 bridgehead atoms. The van der Waals surface area contributed by atoms with E-state index in [1.807, 2.05) is 6.92 Å². The average Bonchev–Trinajstić information content (AvgIpc) is 2.17. The number of rotatable bonds is 4. The first-order valence-electron chi connectivity index (χ1n) is 4.61. The standard InChI is InChI=1S/C10H14O4/c1-2-4-7(11)10(13)8-5-3-6-9(12)14-8/h3,5-7,10-11,13H,2,4H2,1H3/t7-,10-/m1/s1. The number of hydrogen-bond acceptors (Lipinski definition) is 4. The third kappa shape index (κ3) is 2.68. The predicted molar refractivity (Wildman–Crippen MR) is 50.9 cm³/mol. The van der Waals surface area contributed by atoms with Crippen LogP contribution in [-0.4, -0.2) is 16.3 Å². The van der Waals surface area contributed by atoms with Gasteiger partial charge in [0.1, 0.15) is 11.9 Å². The summed E-state index contributed by atoms with van der Waals surface area (Å²) < 4.78 is 4.74. The van der Waals surface area contributed by atoms with Crippen LogP contribution in [0.2, 0.25) is 0 Å². The lowest BCUT2D eigenvalue weighted by molar-refractivity contribution is -0.00104. The second-order valence-corrected chi connectivity index (χ2v) is 3.15. The summed E-state index contributed by atoms with van der Waals surface area (Å²) in [6.45, 7) is 1.90. The highest BCUT2D eigenvalue weighted by Gasteiger charge is 2.19. The Hall–Kier alpha value is -1.13.